The first-order valence-electron chi connectivity index (χ1n) is 6.19. The zero-order valence-electron chi connectivity index (χ0n) is 11.0. The Morgan fingerprint density at radius 1 is 1.10 bits per heavy atom. The highest BCUT2D eigenvalue weighted by molar-refractivity contribution is 6.35. The molecule has 0 aliphatic heterocycles. The van der Waals surface area contributed by atoms with Gasteiger partial charge in [-0.15, -0.1) is 0 Å². The van der Waals surface area contributed by atoms with Gasteiger partial charge in [0.25, 0.3) is 0 Å². The predicted molar refractivity (Wildman–Crippen MR) is 78.2 cm³/mol. The average molecular weight is 312 g/mol. The highest BCUT2D eigenvalue weighted by Crippen LogP contribution is 2.28. The molecule has 0 bridgehead atoms. The summed E-state index contributed by atoms with van der Waals surface area (Å²) in [5.41, 5.74) is 1.78. The number of hydrogen-bond acceptors (Lipinski definition) is 2. The average Bonchev–Trinajstić information content (AvgIpc) is 2.44. The van der Waals surface area contributed by atoms with E-state index in [1.54, 1.807) is 13.2 Å². The molecule has 0 aliphatic carbocycles. The van der Waals surface area contributed by atoms with Crippen molar-refractivity contribution in [2.24, 2.45) is 0 Å². The summed E-state index contributed by atoms with van der Waals surface area (Å²) in [4.78, 5) is 0. The van der Waals surface area contributed by atoms with Gasteiger partial charge in [0.1, 0.15) is 18.8 Å². The number of rotatable bonds is 5. The molecule has 106 valence electrons. The number of quaternary nitrogens is 1. The Morgan fingerprint density at radius 3 is 2.45 bits per heavy atom. The molecule has 0 radical (unpaired) electrons. The number of halogens is 2. The molecule has 0 heterocycles. The first kappa shape index (κ1) is 15.0. The van der Waals surface area contributed by atoms with Crippen LogP contribution in [-0.4, -0.2) is 7.11 Å². The van der Waals surface area contributed by atoms with Gasteiger partial charge in [-0.3, -0.25) is 0 Å². The first-order chi connectivity index (χ1) is 9.60. The van der Waals surface area contributed by atoms with Crippen LogP contribution < -0.4 is 15.2 Å². The SMILES string of the molecule is COc1ccc(C[NH2+]Cc2cc(Cl)cc(Cl)c2[O-])cc1. The van der Waals surface area contributed by atoms with Crippen molar-refractivity contribution < 1.29 is 15.2 Å². The Hall–Kier alpha value is -1.42. The lowest BCUT2D eigenvalue weighted by Gasteiger charge is -2.15. The van der Waals surface area contributed by atoms with E-state index in [0.29, 0.717) is 17.1 Å². The van der Waals surface area contributed by atoms with E-state index in [1.807, 2.05) is 29.6 Å². The standard InChI is InChI=1S/C15H15Cl2NO2/c1-20-13-4-2-10(3-5-13)8-18-9-11-6-12(16)7-14(17)15(11)19/h2-7,18-19H,8-9H2,1H3. The normalized spacial score (nSPS) is 10.6. The zero-order valence-corrected chi connectivity index (χ0v) is 12.5. The third kappa shape index (κ3) is 3.79. The van der Waals surface area contributed by atoms with Gasteiger partial charge in [-0.05, 0) is 36.4 Å². The fourth-order valence-corrected chi connectivity index (χ4v) is 2.46. The molecule has 2 rings (SSSR count). The largest absolute Gasteiger partial charge is 0.871 e. The van der Waals surface area contributed by atoms with Gasteiger partial charge in [-0.1, -0.05) is 29.0 Å². The number of benzene rings is 2. The van der Waals surface area contributed by atoms with Crippen LogP contribution >= 0.6 is 23.2 Å². The molecule has 5 heteroatoms. The van der Waals surface area contributed by atoms with Crippen LogP contribution in [0.25, 0.3) is 0 Å². The van der Waals surface area contributed by atoms with Crippen LogP contribution in [0.3, 0.4) is 0 Å². The molecule has 0 saturated carbocycles. The van der Waals surface area contributed by atoms with Gasteiger partial charge in [-0.2, -0.15) is 0 Å². The van der Waals surface area contributed by atoms with Crippen LogP contribution in [0.1, 0.15) is 11.1 Å². The van der Waals surface area contributed by atoms with Crippen molar-refractivity contribution in [2.75, 3.05) is 7.11 Å². The molecule has 2 N–H and O–H groups in total. The van der Waals surface area contributed by atoms with E-state index in [0.717, 1.165) is 17.9 Å². The summed E-state index contributed by atoms with van der Waals surface area (Å²) in [6, 6.07) is 11.0. The molecule has 0 aromatic heterocycles. The topological polar surface area (TPSA) is 48.9 Å². The van der Waals surface area contributed by atoms with E-state index in [-0.39, 0.29) is 10.8 Å². The Balaban J connectivity index is 1.95. The smallest absolute Gasteiger partial charge is 0.118 e. The van der Waals surface area contributed by atoms with Crippen molar-refractivity contribution in [3.63, 3.8) is 0 Å². The number of methoxy groups -OCH3 is 1. The summed E-state index contributed by atoms with van der Waals surface area (Å²) in [7, 11) is 1.64. The van der Waals surface area contributed by atoms with Crippen LogP contribution in [0, 0.1) is 0 Å². The molecule has 0 aliphatic rings. The van der Waals surface area contributed by atoms with Crippen LogP contribution in [0.5, 0.6) is 11.5 Å². The molecule has 0 unspecified atom stereocenters. The summed E-state index contributed by atoms with van der Waals surface area (Å²) in [6.45, 7) is 1.32. The third-order valence-electron chi connectivity index (χ3n) is 2.99. The first-order valence-corrected chi connectivity index (χ1v) is 6.95. The number of nitrogens with two attached hydrogens (primary N) is 1. The lowest BCUT2D eigenvalue weighted by Crippen LogP contribution is -2.80. The Bertz CT molecular complexity index is 585. The summed E-state index contributed by atoms with van der Waals surface area (Å²) in [5.74, 6) is 0.680. The lowest BCUT2D eigenvalue weighted by atomic mass is 10.2. The molecule has 0 spiro atoms. The number of hydrogen-bond donors (Lipinski definition) is 1. The van der Waals surface area contributed by atoms with E-state index in [1.165, 1.54) is 6.07 Å². The van der Waals surface area contributed by atoms with Crippen LogP contribution in [0.15, 0.2) is 36.4 Å². The van der Waals surface area contributed by atoms with Crippen molar-refractivity contribution in [3.8, 4) is 11.5 Å². The molecule has 0 fully saturated rings. The highest BCUT2D eigenvalue weighted by Gasteiger charge is 2.04. The lowest BCUT2D eigenvalue weighted by molar-refractivity contribution is -0.686. The molecule has 2 aromatic rings. The fraction of sp³-hybridized carbons (Fsp3) is 0.200. The Kier molecular flexibility index (Phi) is 5.12. The Labute approximate surface area is 128 Å². The van der Waals surface area contributed by atoms with E-state index in [2.05, 4.69) is 0 Å². The van der Waals surface area contributed by atoms with E-state index >= 15 is 0 Å². The van der Waals surface area contributed by atoms with Crippen molar-refractivity contribution in [1.29, 1.82) is 0 Å². The van der Waals surface area contributed by atoms with Crippen molar-refractivity contribution in [1.82, 2.24) is 0 Å². The maximum absolute atomic E-state index is 11.8. The van der Waals surface area contributed by atoms with E-state index < -0.39 is 0 Å². The van der Waals surface area contributed by atoms with Crippen molar-refractivity contribution in [2.45, 2.75) is 13.1 Å². The second kappa shape index (κ2) is 6.84. The molecular weight excluding hydrogens is 297 g/mol. The van der Waals surface area contributed by atoms with Crippen LogP contribution in [0.2, 0.25) is 10.0 Å². The van der Waals surface area contributed by atoms with Crippen LogP contribution in [-0.2, 0) is 13.1 Å². The summed E-state index contributed by atoms with van der Waals surface area (Å²) in [5, 5.41) is 14.5. The van der Waals surface area contributed by atoms with Gasteiger partial charge in [0.05, 0.1) is 7.11 Å². The van der Waals surface area contributed by atoms with Crippen molar-refractivity contribution >= 4 is 23.2 Å². The van der Waals surface area contributed by atoms with Gasteiger partial charge in [0.2, 0.25) is 0 Å². The monoisotopic (exact) mass is 311 g/mol. The minimum atomic E-state index is -0.151. The minimum Gasteiger partial charge on any atom is -0.871 e. The molecular formula is C15H15Cl2NO2. The van der Waals surface area contributed by atoms with Crippen LogP contribution in [0.4, 0.5) is 0 Å². The molecule has 0 amide bonds. The maximum atomic E-state index is 11.8. The van der Waals surface area contributed by atoms with Gasteiger partial charge in [0, 0.05) is 21.2 Å². The summed E-state index contributed by atoms with van der Waals surface area (Å²) < 4.78 is 5.10. The highest BCUT2D eigenvalue weighted by atomic mass is 35.5. The quantitative estimate of drug-likeness (QED) is 0.921. The summed E-state index contributed by atoms with van der Waals surface area (Å²) >= 11 is 11.7. The van der Waals surface area contributed by atoms with E-state index in [4.69, 9.17) is 27.9 Å². The van der Waals surface area contributed by atoms with Gasteiger partial charge in [0.15, 0.2) is 0 Å². The zero-order chi connectivity index (χ0) is 14.5. The second-order valence-corrected chi connectivity index (χ2v) is 5.26. The van der Waals surface area contributed by atoms with Gasteiger partial charge < -0.3 is 15.2 Å². The Morgan fingerprint density at radius 2 is 1.80 bits per heavy atom. The van der Waals surface area contributed by atoms with Crippen molar-refractivity contribution in [3.05, 3.63) is 57.6 Å². The predicted octanol–water partition coefficient (Wildman–Crippen LogP) is 2.34. The molecule has 0 atom stereocenters. The molecule has 2 aromatic carbocycles. The van der Waals surface area contributed by atoms with Gasteiger partial charge >= 0.3 is 0 Å². The fourth-order valence-electron chi connectivity index (χ4n) is 1.92. The third-order valence-corrected chi connectivity index (χ3v) is 3.49. The van der Waals surface area contributed by atoms with E-state index in [9.17, 15) is 5.11 Å². The van der Waals surface area contributed by atoms with Gasteiger partial charge in [-0.25, -0.2) is 0 Å². The molecule has 20 heavy (non-hydrogen) atoms. The summed E-state index contributed by atoms with van der Waals surface area (Å²) in [6.07, 6.45) is 0. The number of ether oxygens (including phenoxy) is 1. The molecule has 3 nitrogen and oxygen atoms in total. The second-order valence-electron chi connectivity index (χ2n) is 4.42. The molecule has 0 saturated heterocycles. The maximum Gasteiger partial charge on any atom is 0.118 e. The minimum absolute atomic E-state index is 0.151.